The standard InChI is InChI=1S/C11H23NO/c1-8(2)7-10(11(4,5)6)12-9(3)13/h8,10H,7H2,1-6H3,(H,12,13)/t10-/m0/s1. The zero-order valence-electron chi connectivity index (χ0n) is 9.77. The van der Waals surface area contributed by atoms with Crippen LogP contribution in [0.2, 0.25) is 0 Å². The van der Waals surface area contributed by atoms with Crippen molar-refractivity contribution in [3.8, 4) is 0 Å². The van der Waals surface area contributed by atoms with E-state index in [2.05, 4.69) is 39.9 Å². The lowest BCUT2D eigenvalue weighted by molar-refractivity contribution is -0.120. The van der Waals surface area contributed by atoms with Crippen LogP contribution in [0, 0.1) is 11.3 Å². The largest absolute Gasteiger partial charge is 0.353 e. The van der Waals surface area contributed by atoms with Crippen LogP contribution < -0.4 is 5.32 Å². The first-order valence-corrected chi connectivity index (χ1v) is 5.00. The monoisotopic (exact) mass is 185 g/mol. The van der Waals surface area contributed by atoms with E-state index in [1.807, 2.05) is 0 Å². The molecule has 2 nitrogen and oxygen atoms in total. The predicted molar refractivity (Wildman–Crippen MR) is 56.5 cm³/mol. The third-order valence-corrected chi connectivity index (χ3v) is 2.13. The van der Waals surface area contributed by atoms with Gasteiger partial charge >= 0.3 is 0 Å². The zero-order valence-corrected chi connectivity index (χ0v) is 9.77. The summed E-state index contributed by atoms with van der Waals surface area (Å²) in [6, 6.07) is 0.282. The Bertz CT molecular complexity index is 167. The van der Waals surface area contributed by atoms with Gasteiger partial charge in [0.1, 0.15) is 0 Å². The molecule has 0 aromatic heterocycles. The molecular weight excluding hydrogens is 162 g/mol. The Hall–Kier alpha value is -0.530. The quantitative estimate of drug-likeness (QED) is 0.719. The molecule has 2 heteroatoms. The first-order valence-electron chi connectivity index (χ1n) is 5.00. The highest BCUT2D eigenvalue weighted by atomic mass is 16.1. The Balaban J connectivity index is 4.28. The van der Waals surface area contributed by atoms with Crippen molar-refractivity contribution in [3.63, 3.8) is 0 Å². The molecule has 13 heavy (non-hydrogen) atoms. The van der Waals surface area contributed by atoms with E-state index in [-0.39, 0.29) is 17.4 Å². The Morgan fingerprint density at radius 1 is 1.31 bits per heavy atom. The maximum Gasteiger partial charge on any atom is 0.217 e. The van der Waals surface area contributed by atoms with E-state index in [1.165, 1.54) is 0 Å². The van der Waals surface area contributed by atoms with Crippen molar-refractivity contribution in [3.05, 3.63) is 0 Å². The molecule has 0 spiro atoms. The first kappa shape index (κ1) is 12.5. The van der Waals surface area contributed by atoms with Crippen LogP contribution >= 0.6 is 0 Å². The number of nitrogens with one attached hydrogen (secondary N) is 1. The predicted octanol–water partition coefficient (Wildman–Crippen LogP) is 2.58. The van der Waals surface area contributed by atoms with Crippen LogP contribution in [-0.2, 0) is 4.79 Å². The van der Waals surface area contributed by atoms with Gasteiger partial charge in [-0.05, 0) is 17.8 Å². The summed E-state index contributed by atoms with van der Waals surface area (Å²) >= 11 is 0. The van der Waals surface area contributed by atoms with Crippen LogP contribution in [0.25, 0.3) is 0 Å². The van der Waals surface area contributed by atoms with E-state index in [9.17, 15) is 4.79 Å². The number of carbonyl (C=O) groups is 1. The van der Waals surface area contributed by atoms with Gasteiger partial charge in [-0.1, -0.05) is 34.6 Å². The Morgan fingerprint density at radius 2 is 1.77 bits per heavy atom. The summed E-state index contributed by atoms with van der Waals surface area (Å²) < 4.78 is 0. The Morgan fingerprint density at radius 3 is 2.00 bits per heavy atom. The van der Waals surface area contributed by atoms with E-state index >= 15 is 0 Å². The molecule has 1 atom stereocenters. The van der Waals surface area contributed by atoms with Gasteiger partial charge in [-0.3, -0.25) is 4.79 Å². The maximum atomic E-state index is 11.0. The smallest absolute Gasteiger partial charge is 0.217 e. The molecule has 0 aromatic carbocycles. The number of rotatable bonds is 3. The van der Waals surface area contributed by atoms with Gasteiger partial charge in [0.15, 0.2) is 0 Å². The summed E-state index contributed by atoms with van der Waals surface area (Å²) in [5.41, 5.74) is 0.149. The summed E-state index contributed by atoms with van der Waals surface area (Å²) in [4.78, 5) is 11.0. The first-order chi connectivity index (χ1) is 5.73. The van der Waals surface area contributed by atoms with Crippen LogP contribution in [0.1, 0.15) is 48.0 Å². The van der Waals surface area contributed by atoms with Gasteiger partial charge in [-0.2, -0.15) is 0 Å². The van der Waals surface area contributed by atoms with Gasteiger partial charge in [0, 0.05) is 13.0 Å². The summed E-state index contributed by atoms with van der Waals surface area (Å²) in [7, 11) is 0. The average Bonchev–Trinajstić information content (AvgIpc) is 1.81. The van der Waals surface area contributed by atoms with Crippen molar-refractivity contribution in [2.75, 3.05) is 0 Å². The molecular formula is C11H23NO. The molecule has 0 saturated carbocycles. The highest BCUT2D eigenvalue weighted by Crippen LogP contribution is 2.24. The van der Waals surface area contributed by atoms with Crippen LogP contribution in [0.3, 0.4) is 0 Å². The van der Waals surface area contributed by atoms with Gasteiger partial charge in [0.2, 0.25) is 5.91 Å². The zero-order chi connectivity index (χ0) is 10.6. The molecule has 0 bridgehead atoms. The topological polar surface area (TPSA) is 29.1 Å². The molecule has 0 unspecified atom stereocenters. The molecule has 0 aliphatic rings. The number of amides is 1. The summed E-state index contributed by atoms with van der Waals surface area (Å²) in [6.45, 7) is 12.4. The second-order valence-electron chi connectivity index (χ2n) is 5.25. The van der Waals surface area contributed by atoms with E-state index in [4.69, 9.17) is 0 Å². The van der Waals surface area contributed by atoms with E-state index in [0.717, 1.165) is 6.42 Å². The minimum absolute atomic E-state index is 0.0700. The van der Waals surface area contributed by atoms with Crippen molar-refractivity contribution in [1.29, 1.82) is 0 Å². The van der Waals surface area contributed by atoms with Gasteiger partial charge in [-0.25, -0.2) is 0 Å². The third kappa shape index (κ3) is 5.67. The second kappa shape index (κ2) is 4.64. The molecule has 0 aromatic rings. The number of hydrogen-bond acceptors (Lipinski definition) is 1. The van der Waals surface area contributed by atoms with Crippen LogP contribution in [0.15, 0.2) is 0 Å². The maximum absolute atomic E-state index is 11.0. The van der Waals surface area contributed by atoms with Gasteiger partial charge in [0.25, 0.3) is 0 Å². The van der Waals surface area contributed by atoms with Gasteiger partial charge < -0.3 is 5.32 Å². The fraction of sp³-hybridized carbons (Fsp3) is 0.909. The number of hydrogen-bond donors (Lipinski definition) is 1. The lowest BCUT2D eigenvalue weighted by Gasteiger charge is -2.32. The fourth-order valence-electron chi connectivity index (χ4n) is 1.35. The molecule has 0 aliphatic carbocycles. The lowest BCUT2D eigenvalue weighted by atomic mass is 9.82. The van der Waals surface area contributed by atoms with Gasteiger partial charge in [-0.15, -0.1) is 0 Å². The van der Waals surface area contributed by atoms with Crippen molar-refractivity contribution < 1.29 is 4.79 Å². The van der Waals surface area contributed by atoms with Crippen molar-refractivity contribution >= 4 is 5.91 Å². The molecule has 0 saturated heterocycles. The van der Waals surface area contributed by atoms with Crippen LogP contribution in [-0.4, -0.2) is 11.9 Å². The van der Waals surface area contributed by atoms with Crippen molar-refractivity contribution in [2.45, 2.75) is 54.0 Å². The summed E-state index contributed by atoms with van der Waals surface area (Å²) in [5, 5.41) is 3.01. The Kier molecular flexibility index (Phi) is 4.45. The van der Waals surface area contributed by atoms with Crippen LogP contribution in [0.4, 0.5) is 0 Å². The average molecular weight is 185 g/mol. The van der Waals surface area contributed by atoms with Crippen molar-refractivity contribution in [1.82, 2.24) is 5.32 Å². The molecule has 0 heterocycles. The summed E-state index contributed by atoms with van der Waals surface area (Å²) in [5.74, 6) is 0.691. The molecule has 1 N–H and O–H groups in total. The highest BCUT2D eigenvalue weighted by molar-refractivity contribution is 5.73. The Labute approximate surface area is 82.1 Å². The minimum Gasteiger partial charge on any atom is -0.353 e. The third-order valence-electron chi connectivity index (χ3n) is 2.13. The minimum atomic E-state index is 0.0700. The second-order valence-corrected chi connectivity index (χ2v) is 5.25. The molecule has 0 fully saturated rings. The fourth-order valence-corrected chi connectivity index (χ4v) is 1.35. The highest BCUT2D eigenvalue weighted by Gasteiger charge is 2.25. The summed E-state index contributed by atoms with van der Waals surface area (Å²) in [6.07, 6.45) is 1.04. The van der Waals surface area contributed by atoms with E-state index < -0.39 is 0 Å². The molecule has 0 aliphatic heterocycles. The van der Waals surface area contributed by atoms with E-state index in [1.54, 1.807) is 6.92 Å². The normalized spacial score (nSPS) is 14.4. The van der Waals surface area contributed by atoms with Crippen LogP contribution in [0.5, 0.6) is 0 Å². The molecule has 78 valence electrons. The molecule has 0 radical (unpaired) electrons. The van der Waals surface area contributed by atoms with Crippen molar-refractivity contribution in [2.24, 2.45) is 11.3 Å². The van der Waals surface area contributed by atoms with Gasteiger partial charge in [0.05, 0.1) is 0 Å². The SMILES string of the molecule is CC(=O)N[C@@H](CC(C)C)C(C)(C)C. The number of carbonyl (C=O) groups excluding carboxylic acids is 1. The molecule has 1 amide bonds. The lowest BCUT2D eigenvalue weighted by Crippen LogP contribution is -2.43. The molecule has 0 rings (SSSR count). The van der Waals surface area contributed by atoms with E-state index in [0.29, 0.717) is 5.92 Å².